The Balaban J connectivity index is 2.17. The monoisotopic (exact) mass is 278 g/mol. The van der Waals surface area contributed by atoms with Gasteiger partial charge in [-0.3, -0.25) is 9.78 Å². The molecular formula is C17H14N2O2. The largest absolute Gasteiger partial charge is 0.497 e. The molecule has 3 rings (SSSR count). The van der Waals surface area contributed by atoms with Crippen molar-refractivity contribution in [2.24, 2.45) is 0 Å². The van der Waals surface area contributed by atoms with Crippen LogP contribution >= 0.6 is 0 Å². The zero-order valence-corrected chi connectivity index (χ0v) is 11.5. The minimum Gasteiger partial charge on any atom is -0.497 e. The molecule has 0 aliphatic heterocycles. The zero-order chi connectivity index (χ0) is 14.8. The molecule has 1 heterocycles. The fraction of sp³-hybridized carbons (Fsp3) is 0.0588. The standard InChI is InChI=1S/C17H14N2O2/c1-21-11-7-8-15(18)14(10-11)17(20)13-4-2-6-16-12(13)5-3-9-19-16/h2-10H,18H2,1H3. The molecular weight excluding hydrogens is 264 g/mol. The topological polar surface area (TPSA) is 65.2 Å². The highest BCUT2D eigenvalue weighted by Crippen LogP contribution is 2.25. The molecule has 0 saturated heterocycles. The molecule has 0 fully saturated rings. The van der Waals surface area contributed by atoms with Crippen LogP contribution in [-0.2, 0) is 0 Å². The molecule has 0 spiro atoms. The van der Waals surface area contributed by atoms with Crippen LogP contribution in [0.5, 0.6) is 5.75 Å². The number of hydrogen-bond donors (Lipinski definition) is 1. The smallest absolute Gasteiger partial charge is 0.195 e. The highest BCUT2D eigenvalue weighted by molar-refractivity contribution is 6.18. The van der Waals surface area contributed by atoms with Crippen LogP contribution in [0.3, 0.4) is 0 Å². The van der Waals surface area contributed by atoms with Crippen LogP contribution in [0.15, 0.2) is 54.7 Å². The van der Waals surface area contributed by atoms with Gasteiger partial charge in [0.15, 0.2) is 5.78 Å². The van der Waals surface area contributed by atoms with Crippen molar-refractivity contribution in [2.45, 2.75) is 0 Å². The summed E-state index contributed by atoms with van der Waals surface area (Å²) in [7, 11) is 1.56. The van der Waals surface area contributed by atoms with Crippen LogP contribution in [0, 0.1) is 0 Å². The van der Waals surface area contributed by atoms with Crippen LogP contribution in [0.4, 0.5) is 5.69 Å². The fourth-order valence-corrected chi connectivity index (χ4v) is 2.31. The van der Waals surface area contributed by atoms with Gasteiger partial charge in [-0.05, 0) is 30.3 Å². The van der Waals surface area contributed by atoms with E-state index in [9.17, 15) is 4.79 Å². The van der Waals surface area contributed by atoms with Gasteiger partial charge in [0.25, 0.3) is 0 Å². The average Bonchev–Trinajstić information content (AvgIpc) is 2.54. The van der Waals surface area contributed by atoms with Gasteiger partial charge in [-0.25, -0.2) is 0 Å². The van der Waals surface area contributed by atoms with Gasteiger partial charge in [0, 0.05) is 28.4 Å². The summed E-state index contributed by atoms with van der Waals surface area (Å²) in [4.78, 5) is 17.1. The summed E-state index contributed by atoms with van der Waals surface area (Å²) in [6.07, 6.45) is 1.70. The Morgan fingerprint density at radius 3 is 2.76 bits per heavy atom. The first-order valence-corrected chi connectivity index (χ1v) is 6.52. The van der Waals surface area contributed by atoms with Crippen molar-refractivity contribution in [3.63, 3.8) is 0 Å². The Morgan fingerprint density at radius 1 is 1.10 bits per heavy atom. The van der Waals surface area contributed by atoms with Gasteiger partial charge in [0.1, 0.15) is 5.75 Å². The molecule has 4 heteroatoms. The maximum Gasteiger partial charge on any atom is 0.195 e. The Kier molecular flexibility index (Phi) is 3.28. The summed E-state index contributed by atoms with van der Waals surface area (Å²) in [5.74, 6) is 0.468. The Morgan fingerprint density at radius 2 is 1.95 bits per heavy atom. The summed E-state index contributed by atoms with van der Waals surface area (Å²) in [5, 5.41) is 0.812. The molecule has 4 nitrogen and oxygen atoms in total. The van der Waals surface area contributed by atoms with Crippen LogP contribution in [0.1, 0.15) is 15.9 Å². The molecule has 0 bridgehead atoms. The number of ketones is 1. The SMILES string of the molecule is COc1ccc(N)c(C(=O)c2cccc3ncccc23)c1. The summed E-state index contributed by atoms with van der Waals surface area (Å²) in [6, 6.07) is 14.2. The van der Waals surface area contributed by atoms with Gasteiger partial charge < -0.3 is 10.5 Å². The molecule has 0 atom stereocenters. The molecule has 0 amide bonds. The van der Waals surface area contributed by atoms with E-state index in [2.05, 4.69) is 4.98 Å². The highest BCUT2D eigenvalue weighted by atomic mass is 16.5. The average molecular weight is 278 g/mol. The number of pyridine rings is 1. The Labute approximate surface area is 122 Å². The van der Waals surface area contributed by atoms with E-state index in [0.29, 0.717) is 22.6 Å². The number of ether oxygens (including phenoxy) is 1. The molecule has 0 unspecified atom stereocenters. The lowest BCUT2D eigenvalue weighted by Gasteiger charge is -2.09. The lowest BCUT2D eigenvalue weighted by atomic mass is 9.98. The van der Waals surface area contributed by atoms with Crippen molar-refractivity contribution in [3.05, 3.63) is 65.9 Å². The number of rotatable bonds is 3. The van der Waals surface area contributed by atoms with E-state index in [1.165, 1.54) is 0 Å². The van der Waals surface area contributed by atoms with E-state index < -0.39 is 0 Å². The predicted molar refractivity (Wildman–Crippen MR) is 82.6 cm³/mol. The fourth-order valence-electron chi connectivity index (χ4n) is 2.31. The normalized spacial score (nSPS) is 10.5. The second-order valence-corrected chi connectivity index (χ2v) is 4.66. The Hall–Kier alpha value is -2.88. The van der Waals surface area contributed by atoms with Crippen LogP contribution in [0.25, 0.3) is 10.9 Å². The first-order chi connectivity index (χ1) is 10.2. The number of methoxy groups -OCH3 is 1. The van der Waals surface area contributed by atoms with Crippen LogP contribution in [-0.4, -0.2) is 17.9 Å². The minimum absolute atomic E-state index is 0.134. The third-order valence-corrected chi connectivity index (χ3v) is 3.40. The number of nitrogen functional groups attached to an aromatic ring is 1. The molecule has 2 N–H and O–H groups in total. The predicted octanol–water partition coefficient (Wildman–Crippen LogP) is 3.06. The van der Waals surface area contributed by atoms with Crippen molar-refractivity contribution in [1.29, 1.82) is 0 Å². The number of nitrogens with two attached hydrogens (primary N) is 1. The number of hydrogen-bond acceptors (Lipinski definition) is 4. The van der Waals surface area contributed by atoms with E-state index in [1.807, 2.05) is 24.3 Å². The molecule has 0 radical (unpaired) electrons. The number of benzene rings is 2. The lowest BCUT2D eigenvalue weighted by molar-refractivity contribution is 0.104. The summed E-state index contributed by atoms with van der Waals surface area (Å²) in [5.41, 5.74) is 8.17. The van der Waals surface area contributed by atoms with Gasteiger partial charge >= 0.3 is 0 Å². The van der Waals surface area contributed by atoms with Gasteiger partial charge in [-0.15, -0.1) is 0 Å². The number of carbonyl (C=O) groups is 1. The van der Waals surface area contributed by atoms with Crippen molar-refractivity contribution in [3.8, 4) is 5.75 Å². The van der Waals surface area contributed by atoms with Gasteiger partial charge in [0.05, 0.1) is 12.6 Å². The van der Waals surface area contributed by atoms with E-state index >= 15 is 0 Å². The molecule has 21 heavy (non-hydrogen) atoms. The Bertz CT molecular complexity index is 823. The van der Waals surface area contributed by atoms with Crippen molar-refractivity contribution in [1.82, 2.24) is 4.98 Å². The van der Waals surface area contributed by atoms with E-state index in [4.69, 9.17) is 10.5 Å². The van der Waals surface area contributed by atoms with Gasteiger partial charge in [0.2, 0.25) is 0 Å². The van der Waals surface area contributed by atoms with Crippen LogP contribution in [0.2, 0.25) is 0 Å². The zero-order valence-electron chi connectivity index (χ0n) is 11.5. The van der Waals surface area contributed by atoms with Crippen molar-refractivity contribution < 1.29 is 9.53 Å². The number of anilines is 1. The third-order valence-electron chi connectivity index (χ3n) is 3.40. The lowest BCUT2D eigenvalue weighted by Crippen LogP contribution is -2.06. The molecule has 2 aromatic carbocycles. The molecule has 1 aromatic heterocycles. The van der Waals surface area contributed by atoms with E-state index in [1.54, 1.807) is 37.6 Å². The molecule has 0 saturated carbocycles. The second-order valence-electron chi connectivity index (χ2n) is 4.66. The summed E-state index contributed by atoms with van der Waals surface area (Å²) in [6.45, 7) is 0. The number of aromatic nitrogens is 1. The minimum atomic E-state index is -0.134. The molecule has 3 aromatic rings. The van der Waals surface area contributed by atoms with E-state index in [-0.39, 0.29) is 5.78 Å². The summed E-state index contributed by atoms with van der Waals surface area (Å²) >= 11 is 0. The second kappa shape index (κ2) is 5.25. The summed E-state index contributed by atoms with van der Waals surface area (Å²) < 4.78 is 5.16. The highest BCUT2D eigenvalue weighted by Gasteiger charge is 2.16. The van der Waals surface area contributed by atoms with Crippen molar-refractivity contribution in [2.75, 3.05) is 12.8 Å². The molecule has 0 aliphatic carbocycles. The maximum absolute atomic E-state index is 12.8. The number of nitrogens with zero attached hydrogens (tertiary/aromatic N) is 1. The number of fused-ring (bicyclic) bond motifs is 1. The first-order valence-electron chi connectivity index (χ1n) is 6.52. The van der Waals surface area contributed by atoms with Gasteiger partial charge in [-0.1, -0.05) is 18.2 Å². The third kappa shape index (κ3) is 2.31. The van der Waals surface area contributed by atoms with E-state index in [0.717, 1.165) is 10.9 Å². The number of carbonyl (C=O) groups excluding carboxylic acids is 1. The molecule has 104 valence electrons. The van der Waals surface area contributed by atoms with Crippen LogP contribution < -0.4 is 10.5 Å². The van der Waals surface area contributed by atoms with Gasteiger partial charge in [-0.2, -0.15) is 0 Å². The first kappa shape index (κ1) is 13.1. The quantitative estimate of drug-likeness (QED) is 0.590. The van der Waals surface area contributed by atoms with Crippen molar-refractivity contribution >= 4 is 22.4 Å². The molecule has 0 aliphatic rings. The maximum atomic E-state index is 12.8.